The van der Waals surface area contributed by atoms with Crippen LogP contribution in [0.5, 0.6) is 0 Å². The first-order valence-electron chi connectivity index (χ1n) is 9.21. The number of rotatable bonds is 4. The summed E-state index contributed by atoms with van der Waals surface area (Å²) < 4.78 is 33.7. The Morgan fingerprint density at radius 3 is 2.25 bits per heavy atom. The molecular weight excluding hydrogens is 371 g/mol. The molecule has 1 fully saturated rings. The van der Waals surface area contributed by atoms with E-state index in [1.54, 1.807) is 0 Å². The predicted molar refractivity (Wildman–Crippen MR) is 99.8 cm³/mol. The largest absolute Gasteiger partial charge is 0.490 e. The van der Waals surface area contributed by atoms with Crippen LogP contribution in [-0.2, 0) is 24.8 Å². The van der Waals surface area contributed by atoms with E-state index < -0.39 is 12.1 Å². The van der Waals surface area contributed by atoms with Crippen molar-refractivity contribution in [2.24, 2.45) is 13.0 Å². The number of likely N-dealkylation sites (tertiary alicyclic amines) is 1. The first-order chi connectivity index (χ1) is 13.1. The van der Waals surface area contributed by atoms with Gasteiger partial charge in [-0.15, -0.1) is 0 Å². The van der Waals surface area contributed by atoms with Gasteiger partial charge in [-0.3, -0.25) is 9.58 Å². The van der Waals surface area contributed by atoms with E-state index in [4.69, 9.17) is 9.90 Å². The molecule has 0 atom stereocenters. The maximum absolute atomic E-state index is 10.6. The lowest BCUT2D eigenvalue weighted by molar-refractivity contribution is -0.192. The van der Waals surface area contributed by atoms with Gasteiger partial charge in [0.1, 0.15) is 0 Å². The van der Waals surface area contributed by atoms with Crippen LogP contribution >= 0.6 is 0 Å². The highest BCUT2D eigenvalue weighted by Gasteiger charge is 2.38. The zero-order valence-electron chi connectivity index (χ0n) is 16.1. The van der Waals surface area contributed by atoms with Crippen LogP contribution in [0.4, 0.5) is 13.2 Å². The number of alkyl halides is 3. The molecule has 154 valence electrons. The average molecular weight is 397 g/mol. The van der Waals surface area contributed by atoms with E-state index in [0.29, 0.717) is 0 Å². The highest BCUT2D eigenvalue weighted by molar-refractivity contribution is 5.73. The monoisotopic (exact) mass is 397 g/mol. The summed E-state index contributed by atoms with van der Waals surface area (Å²) in [6, 6.07) is 13.1. The second-order valence-electron chi connectivity index (χ2n) is 7.11. The number of halogens is 3. The molecule has 2 aromatic rings. The van der Waals surface area contributed by atoms with Crippen LogP contribution in [0.2, 0.25) is 0 Å². The highest BCUT2D eigenvalue weighted by atomic mass is 19.4. The summed E-state index contributed by atoms with van der Waals surface area (Å²) in [5.74, 6) is -1.92. The third-order valence-corrected chi connectivity index (χ3v) is 4.87. The van der Waals surface area contributed by atoms with Crippen molar-refractivity contribution in [3.05, 3.63) is 53.3 Å². The molecule has 0 radical (unpaired) electrons. The minimum atomic E-state index is -5.08. The number of aryl methyl sites for hydroxylation is 2. The van der Waals surface area contributed by atoms with Crippen molar-refractivity contribution >= 4 is 5.97 Å². The molecule has 2 heterocycles. The van der Waals surface area contributed by atoms with Gasteiger partial charge in [0.15, 0.2) is 0 Å². The Balaban J connectivity index is 0.000000345. The van der Waals surface area contributed by atoms with Crippen LogP contribution in [0, 0.1) is 12.8 Å². The van der Waals surface area contributed by atoms with Gasteiger partial charge in [0.05, 0.1) is 5.69 Å². The van der Waals surface area contributed by atoms with Gasteiger partial charge in [-0.05, 0) is 56.8 Å². The summed E-state index contributed by atoms with van der Waals surface area (Å²) in [7, 11) is 2.02. The SMILES string of the molecule is Cc1cc(CN2CCC(Cc3ccccc3)CC2)nn1C.O=C(O)C(F)(F)F. The van der Waals surface area contributed by atoms with Gasteiger partial charge < -0.3 is 5.11 Å². The molecule has 8 heteroatoms. The number of benzene rings is 1. The van der Waals surface area contributed by atoms with E-state index in [-0.39, 0.29) is 0 Å². The number of nitrogens with zero attached hydrogens (tertiary/aromatic N) is 3. The minimum absolute atomic E-state index is 0.842. The molecule has 1 aromatic heterocycles. The smallest absolute Gasteiger partial charge is 0.475 e. The normalized spacial score (nSPS) is 15.8. The standard InChI is InChI=1S/C18H25N3.C2HF3O2/c1-15-12-18(19-20(15)2)14-21-10-8-17(9-11-21)13-16-6-4-3-5-7-16;3-2(4,5)1(6)7/h3-7,12,17H,8-11,13-14H2,1-2H3;(H,6,7). The molecule has 28 heavy (non-hydrogen) atoms. The number of aliphatic carboxylic acids is 1. The van der Waals surface area contributed by atoms with E-state index in [1.807, 2.05) is 11.7 Å². The highest BCUT2D eigenvalue weighted by Crippen LogP contribution is 2.22. The molecule has 0 aliphatic carbocycles. The topological polar surface area (TPSA) is 58.4 Å². The van der Waals surface area contributed by atoms with Gasteiger partial charge in [-0.2, -0.15) is 18.3 Å². The van der Waals surface area contributed by atoms with Crippen LogP contribution in [0.1, 0.15) is 29.8 Å². The van der Waals surface area contributed by atoms with Crippen LogP contribution in [-0.4, -0.2) is 45.0 Å². The van der Waals surface area contributed by atoms with E-state index in [1.165, 1.54) is 49.3 Å². The Morgan fingerprint density at radius 1 is 1.21 bits per heavy atom. The summed E-state index contributed by atoms with van der Waals surface area (Å²) in [6.07, 6.45) is -1.24. The van der Waals surface area contributed by atoms with Crippen molar-refractivity contribution in [3.8, 4) is 0 Å². The second-order valence-corrected chi connectivity index (χ2v) is 7.11. The minimum Gasteiger partial charge on any atom is -0.475 e. The lowest BCUT2D eigenvalue weighted by atomic mass is 9.90. The summed E-state index contributed by atoms with van der Waals surface area (Å²) in [4.78, 5) is 11.4. The Hall–Kier alpha value is -2.35. The summed E-state index contributed by atoms with van der Waals surface area (Å²) in [6.45, 7) is 5.52. The van der Waals surface area contributed by atoms with E-state index in [9.17, 15) is 13.2 Å². The van der Waals surface area contributed by atoms with Crippen LogP contribution < -0.4 is 0 Å². The van der Waals surface area contributed by atoms with Gasteiger partial charge in [-0.1, -0.05) is 30.3 Å². The molecule has 1 N–H and O–H groups in total. The maximum Gasteiger partial charge on any atom is 0.490 e. The zero-order chi connectivity index (χ0) is 20.7. The molecule has 0 amide bonds. The fourth-order valence-electron chi connectivity index (χ4n) is 3.24. The van der Waals surface area contributed by atoms with Crippen LogP contribution in [0.3, 0.4) is 0 Å². The molecule has 1 aliphatic rings. The van der Waals surface area contributed by atoms with Crippen molar-refractivity contribution in [1.82, 2.24) is 14.7 Å². The molecule has 5 nitrogen and oxygen atoms in total. The van der Waals surface area contributed by atoms with Gasteiger partial charge in [-0.25, -0.2) is 4.79 Å². The number of carboxylic acids is 1. The second kappa shape index (κ2) is 9.73. The summed E-state index contributed by atoms with van der Waals surface area (Å²) in [5.41, 5.74) is 3.93. The molecule has 0 unspecified atom stereocenters. The molecule has 0 saturated carbocycles. The van der Waals surface area contributed by atoms with E-state index in [0.717, 1.165) is 12.5 Å². The lowest BCUT2D eigenvalue weighted by Crippen LogP contribution is -2.34. The quantitative estimate of drug-likeness (QED) is 0.852. The first kappa shape index (κ1) is 21.9. The molecule has 1 aliphatic heterocycles. The third kappa shape index (κ3) is 6.99. The number of hydrogen-bond acceptors (Lipinski definition) is 3. The Kier molecular flexibility index (Phi) is 7.62. The number of carboxylic acid groups (broad SMARTS) is 1. The zero-order valence-corrected chi connectivity index (χ0v) is 16.1. The van der Waals surface area contributed by atoms with Crippen molar-refractivity contribution < 1.29 is 23.1 Å². The fraction of sp³-hybridized carbons (Fsp3) is 0.500. The van der Waals surface area contributed by atoms with Gasteiger partial charge in [0.25, 0.3) is 0 Å². The van der Waals surface area contributed by atoms with Crippen molar-refractivity contribution in [3.63, 3.8) is 0 Å². The summed E-state index contributed by atoms with van der Waals surface area (Å²) >= 11 is 0. The van der Waals surface area contributed by atoms with Crippen molar-refractivity contribution in [2.45, 2.75) is 38.9 Å². The van der Waals surface area contributed by atoms with Gasteiger partial charge in [0.2, 0.25) is 0 Å². The van der Waals surface area contributed by atoms with Gasteiger partial charge in [0, 0.05) is 19.3 Å². The molecule has 1 saturated heterocycles. The third-order valence-electron chi connectivity index (χ3n) is 4.87. The van der Waals surface area contributed by atoms with Crippen LogP contribution in [0.25, 0.3) is 0 Å². The maximum atomic E-state index is 10.6. The molecule has 0 spiro atoms. The number of piperidine rings is 1. The Bertz CT molecular complexity index is 732. The lowest BCUT2D eigenvalue weighted by Gasteiger charge is -2.31. The summed E-state index contributed by atoms with van der Waals surface area (Å²) in [5, 5.41) is 11.7. The van der Waals surface area contributed by atoms with Crippen LogP contribution in [0.15, 0.2) is 36.4 Å². The average Bonchev–Trinajstić information content (AvgIpc) is 2.95. The number of hydrogen-bond donors (Lipinski definition) is 1. The van der Waals surface area contributed by atoms with Crippen molar-refractivity contribution in [1.29, 1.82) is 0 Å². The van der Waals surface area contributed by atoms with E-state index in [2.05, 4.69) is 53.3 Å². The molecular formula is C20H26F3N3O2. The van der Waals surface area contributed by atoms with Crippen molar-refractivity contribution in [2.75, 3.05) is 13.1 Å². The molecule has 3 rings (SSSR count). The number of carbonyl (C=O) groups is 1. The fourth-order valence-corrected chi connectivity index (χ4v) is 3.24. The Morgan fingerprint density at radius 2 is 1.79 bits per heavy atom. The predicted octanol–water partition coefficient (Wildman–Crippen LogP) is 3.82. The van der Waals surface area contributed by atoms with Gasteiger partial charge >= 0.3 is 12.1 Å². The van der Waals surface area contributed by atoms with E-state index >= 15 is 0 Å². The first-order valence-corrected chi connectivity index (χ1v) is 9.21. The Labute approximate surface area is 162 Å². The molecule has 0 bridgehead atoms. The molecule has 1 aromatic carbocycles. The number of aromatic nitrogens is 2.